The van der Waals surface area contributed by atoms with Crippen molar-refractivity contribution < 1.29 is 22.4 Å². The van der Waals surface area contributed by atoms with Gasteiger partial charge >= 0.3 is 6.18 Å². The van der Waals surface area contributed by atoms with Crippen molar-refractivity contribution >= 4 is 17.7 Å². The van der Waals surface area contributed by atoms with Crippen LogP contribution < -0.4 is 5.32 Å². The van der Waals surface area contributed by atoms with E-state index in [9.17, 15) is 22.4 Å². The fraction of sp³-hybridized carbons (Fsp3) is 0.0800. The predicted octanol–water partition coefficient (Wildman–Crippen LogP) is 6.20. The summed E-state index contributed by atoms with van der Waals surface area (Å²) < 4.78 is 56.9. The van der Waals surface area contributed by atoms with Crippen LogP contribution in [0, 0.1) is 5.82 Å². The molecule has 2 aromatic heterocycles. The fourth-order valence-electron chi connectivity index (χ4n) is 3.45. The highest BCUT2D eigenvalue weighted by Gasteiger charge is 2.36. The van der Waals surface area contributed by atoms with Gasteiger partial charge in [0.2, 0.25) is 0 Å². The molecular formula is C25H18F4N4O. The number of amides is 1. The second-order valence-electron chi connectivity index (χ2n) is 7.41. The van der Waals surface area contributed by atoms with Crippen molar-refractivity contribution in [2.75, 3.05) is 5.32 Å². The smallest absolute Gasteiger partial charge is 0.320 e. The number of hydrogen-bond donors (Lipinski definition) is 1. The number of carbonyl (C=O) groups excluding carboxylic acids is 1. The van der Waals surface area contributed by atoms with Crippen molar-refractivity contribution in [3.8, 4) is 22.5 Å². The lowest BCUT2D eigenvalue weighted by Crippen LogP contribution is -2.17. The van der Waals surface area contributed by atoms with Crippen LogP contribution in [-0.2, 0) is 13.2 Å². The molecule has 1 amide bonds. The topological polar surface area (TPSA) is 59.8 Å². The van der Waals surface area contributed by atoms with E-state index < -0.39 is 34.6 Å². The van der Waals surface area contributed by atoms with Crippen molar-refractivity contribution in [2.24, 2.45) is 7.05 Å². The molecule has 0 bridgehead atoms. The number of benzene rings is 2. The summed E-state index contributed by atoms with van der Waals surface area (Å²) in [6.45, 7) is 3.68. The Morgan fingerprint density at radius 3 is 2.44 bits per heavy atom. The van der Waals surface area contributed by atoms with Gasteiger partial charge in [0.1, 0.15) is 5.82 Å². The highest BCUT2D eigenvalue weighted by atomic mass is 19.4. The quantitative estimate of drug-likeness (QED) is 0.356. The molecule has 0 radical (unpaired) electrons. The maximum absolute atomic E-state index is 14.8. The number of alkyl halides is 3. The van der Waals surface area contributed by atoms with Crippen LogP contribution in [0.3, 0.4) is 0 Å². The average Bonchev–Trinajstić information content (AvgIpc) is 3.25. The van der Waals surface area contributed by atoms with E-state index in [1.807, 2.05) is 6.07 Å². The molecule has 34 heavy (non-hydrogen) atoms. The minimum atomic E-state index is -4.84. The number of halogens is 4. The van der Waals surface area contributed by atoms with Gasteiger partial charge in [-0.3, -0.25) is 9.48 Å². The van der Waals surface area contributed by atoms with E-state index >= 15 is 0 Å². The van der Waals surface area contributed by atoms with Crippen LogP contribution >= 0.6 is 0 Å². The largest absolute Gasteiger partial charge is 0.417 e. The molecule has 0 fully saturated rings. The highest BCUT2D eigenvalue weighted by Crippen LogP contribution is 2.38. The van der Waals surface area contributed by atoms with Gasteiger partial charge in [-0.2, -0.15) is 18.3 Å². The molecule has 4 rings (SSSR count). The van der Waals surface area contributed by atoms with Gasteiger partial charge in [0, 0.05) is 24.4 Å². The van der Waals surface area contributed by atoms with Crippen molar-refractivity contribution in [1.29, 1.82) is 0 Å². The number of carbonyl (C=O) groups is 1. The molecule has 0 spiro atoms. The Morgan fingerprint density at radius 2 is 1.82 bits per heavy atom. The van der Waals surface area contributed by atoms with Gasteiger partial charge in [0.25, 0.3) is 5.91 Å². The van der Waals surface area contributed by atoms with E-state index in [0.29, 0.717) is 23.0 Å². The third-order valence-electron chi connectivity index (χ3n) is 5.07. The molecule has 0 aliphatic heterocycles. The van der Waals surface area contributed by atoms with E-state index in [1.165, 1.54) is 23.0 Å². The first-order chi connectivity index (χ1) is 16.2. The summed E-state index contributed by atoms with van der Waals surface area (Å²) in [6.07, 6.45) is -1.85. The van der Waals surface area contributed by atoms with E-state index in [4.69, 9.17) is 0 Å². The number of rotatable bonds is 5. The summed E-state index contributed by atoms with van der Waals surface area (Å²) in [7, 11) is 1.54. The second kappa shape index (κ2) is 8.93. The molecule has 0 saturated heterocycles. The standard InChI is InChI=1S/C25H18F4N4O/c1-3-16-9-10-22(23(30-16)15-7-5-4-6-8-15)31-24(34)18-13-17(21-11-12-33(2)32-21)19(14-20(18)26)25(27,28)29/h3-14H,1H2,2H3,(H,31,34). The van der Waals surface area contributed by atoms with Crippen molar-refractivity contribution in [1.82, 2.24) is 14.8 Å². The lowest BCUT2D eigenvalue weighted by Gasteiger charge is -2.15. The number of aryl methyl sites for hydroxylation is 1. The molecule has 0 unspecified atom stereocenters. The van der Waals surface area contributed by atoms with Gasteiger partial charge in [-0.1, -0.05) is 36.9 Å². The molecular weight excluding hydrogens is 448 g/mol. The summed E-state index contributed by atoms with van der Waals surface area (Å²) in [4.78, 5) is 17.5. The third-order valence-corrected chi connectivity index (χ3v) is 5.07. The zero-order valence-electron chi connectivity index (χ0n) is 17.9. The molecule has 0 aliphatic rings. The monoisotopic (exact) mass is 466 g/mol. The van der Waals surface area contributed by atoms with Crippen LogP contribution in [0.1, 0.15) is 21.6 Å². The Hall–Kier alpha value is -4.27. The maximum Gasteiger partial charge on any atom is 0.417 e. The number of nitrogens with zero attached hydrogens (tertiary/aromatic N) is 3. The normalized spacial score (nSPS) is 11.3. The van der Waals surface area contributed by atoms with Crippen LogP contribution in [0.4, 0.5) is 23.2 Å². The van der Waals surface area contributed by atoms with Gasteiger partial charge in [-0.15, -0.1) is 0 Å². The fourth-order valence-corrected chi connectivity index (χ4v) is 3.45. The average molecular weight is 466 g/mol. The Morgan fingerprint density at radius 1 is 1.09 bits per heavy atom. The predicted molar refractivity (Wildman–Crippen MR) is 121 cm³/mol. The molecule has 0 saturated carbocycles. The Kier molecular flexibility index (Phi) is 6.02. The highest BCUT2D eigenvalue weighted by molar-refractivity contribution is 6.07. The van der Waals surface area contributed by atoms with Crippen molar-refractivity contribution in [2.45, 2.75) is 6.18 Å². The molecule has 1 N–H and O–H groups in total. The molecule has 2 aromatic carbocycles. The summed E-state index contributed by atoms with van der Waals surface area (Å²) >= 11 is 0. The van der Waals surface area contributed by atoms with Gasteiger partial charge < -0.3 is 5.32 Å². The van der Waals surface area contributed by atoms with Crippen LogP contribution in [0.5, 0.6) is 0 Å². The molecule has 0 atom stereocenters. The van der Waals surface area contributed by atoms with Crippen LogP contribution in [-0.4, -0.2) is 20.7 Å². The number of aromatic nitrogens is 3. The minimum Gasteiger partial charge on any atom is -0.320 e. The van der Waals surface area contributed by atoms with Crippen LogP contribution in [0.2, 0.25) is 0 Å². The maximum atomic E-state index is 14.8. The first kappa shape index (κ1) is 22.9. The molecule has 0 aliphatic carbocycles. The SMILES string of the molecule is C=Cc1ccc(NC(=O)c2cc(-c3ccn(C)n3)c(C(F)(F)F)cc2F)c(-c2ccccc2)n1. The summed E-state index contributed by atoms with van der Waals surface area (Å²) in [5, 5.41) is 6.56. The number of nitrogens with one attached hydrogen (secondary N) is 1. The lowest BCUT2D eigenvalue weighted by atomic mass is 9.99. The number of hydrogen-bond acceptors (Lipinski definition) is 3. The Labute approximate surface area is 192 Å². The third kappa shape index (κ3) is 4.59. The van der Waals surface area contributed by atoms with Crippen LogP contribution in [0.25, 0.3) is 28.6 Å². The first-order valence-electron chi connectivity index (χ1n) is 10.1. The van der Waals surface area contributed by atoms with Gasteiger partial charge in [-0.05, 0) is 36.4 Å². The van der Waals surface area contributed by atoms with E-state index in [1.54, 1.807) is 43.4 Å². The van der Waals surface area contributed by atoms with E-state index in [2.05, 4.69) is 22.0 Å². The van der Waals surface area contributed by atoms with Gasteiger partial charge in [0.15, 0.2) is 0 Å². The Balaban J connectivity index is 1.78. The van der Waals surface area contributed by atoms with Crippen molar-refractivity contribution in [3.05, 3.63) is 96.1 Å². The second-order valence-corrected chi connectivity index (χ2v) is 7.41. The van der Waals surface area contributed by atoms with Gasteiger partial charge in [-0.25, -0.2) is 9.37 Å². The zero-order chi connectivity index (χ0) is 24.5. The molecule has 4 aromatic rings. The van der Waals surface area contributed by atoms with Crippen molar-refractivity contribution in [3.63, 3.8) is 0 Å². The summed E-state index contributed by atoms with van der Waals surface area (Å²) in [5.41, 5.74) is -0.306. The number of pyridine rings is 1. The summed E-state index contributed by atoms with van der Waals surface area (Å²) in [5.74, 6) is -2.23. The van der Waals surface area contributed by atoms with Crippen LogP contribution in [0.15, 0.2) is 73.4 Å². The van der Waals surface area contributed by atoms with E-state index in [-0.39, 0.29) is 11.4 Å². The minimum absolute atomic E-state index is 0.0362. The molecule has 172 valence electrons. The first-order valence-corrected chi connectivity index (χ1v) is 10.1. The zero-order valence-corrected chi connectivity index (χ0v) is 17.9. The molecule has 5 nitrogen and oxygen atoms in total. The van der Waals surface area contributed by atoms with E-state index in [0.717, 1.165) is 6.07 Å². The molecule has 2 heterocycles. The summed E-state index contributed by atoms with van der Waals surface area (Å²) in [6, 6.07) is 14.7. The number of anilines is 1. The molecule has 9 heteroatoms. The Bertz CT molecular complexity index is 1380. The lowest BCUT2D eigenvalue weighted by molar-refractivity contribution is -0.137. The van der Waals surface area contributed by atoms with Gasteiger partial charge in [0.05, 0.1) is 33.9 Å².